The van der Waals surface area contributed by atoms with E-state index in [4.69, 9.17) is 21.4 Å². The van der Waals surface area contributed by atoms with Crippen LogP contribution in [0.15, 0.2) is 81.8 Å². The molecule has 4 aromatic rings. The van der Waals surface area contributed by atoms with Gasteiger partial charge >= 0.3 is 0 Å². The maximum Gasteiger partial charge on any atom is 0.250 e. The third-order valence-corrected chi connectivity index (χ3v) is 7.41. The van der Waals surface area contributed by atoms with Crippen molar-refractivity contribution in [1.82, 2.24) is 10.3 Å². The number of anilines is 2. The highest BCUT2D eigenvalue weighted by molar-refractivity contribution is 9.10. The van der Waals surface area contributed by atoms with Crippen molar-refractivity contribution >= 4 is 50.5 Å². The molecule has 3 heterocycles. The molecule has 1 saturated heterocycles. The third-order valence-electron chi connectivity index (χ3n) is 6.44. The standard InChI is InChI=1S/C29H27BrN4O3S/c1-17-7-9-20(21(30)14-17)24-11-12-25(37-24)28-27(23-6-4-5-13-31-23)33-29(38)34(28)19-8-10-22(18(2)15-19)32-26(35)16-36-3/h4-15,27-28H,16H2,1-3H3,(H,32,35)(H,33,38)/t27-,28-/m0/s1. The summed E-state index contributed by atoms with van der Waals surface area (Å²) in [5.41, 5.74) is 5.49. The van der Waals surface area contributed by atoms with Crippen LogP contribution in [-0.4, -0.2) is 29.7 Å². The Morgan fingerprint density at radius 1 is 1.16 bits per heavy atom. The minimum atomic E-state index is -0.288. The number of ether oxygens (including phenoxy) is 1. The van der Waals surface area contributed by atoms with Gasteiger partial charge in [0.1, 0.15) is 24.2 Å². The molecule has 194 valence electrons. The molecule has 38 heavy (non-hydrogen) atoms. The van der Waals surface area contributed by atoms with Gasteiger partial charge in [-0.2, -0.15) is 0 Å². The maximum absolute atomic E-state index is 12.1. The van der Waals surface area contributed by atoms with E-state index in [1.807, 2.05) is 61.5 Å². The number of nitrogens with zero attached hydrogens (tertiary/aromatic N) is 2. The number of carbonyl (C=O) groups is 1. The second-order valence-corrected chi connectivity index (χ2v) is 10.4. The Morgan fingerprint density at radius 3 is 2.71 bits per heavy atom. The molecule has 2 N–H and O–H groups in total. The van der Waals surface area contributed by atoms with E-state index in [1.165, 1.54) is 7.11 Å². The van der Waals surface area contributed by atoms with Crippen molar-refractivity contribution < 1.29 is 13.9 Å². The van der Waals surface area contributed by atoms with E-state index in [-0.39, 0.29) is 24.6 Å². The van der Waals surface area contributed by atoms with Crippen LogP contribution in [0.5, 0.6) is 0 Å². The number of nitrogens with one attached hydrogen (secondary N) is 2. The van der Waals surface area contributed by atoms with E-state index in [9.17, 15) is 4.79 Å². The molecular weight excluding hydrogens is 564 g/mol. The number of amides is 1. The van der Waals surface area contributed by atoms with Crippen LogP contribution in [0.1, 0.15) is 34.7 Å². The first kappa shape index (κ1) is 26.1. The predicted octanol–water partition coefficient (Wildman–Crippen LogP) is 6.48. The number of halogens is 1. The summed E-state index contributed by atoms with van der Waals surface area (Å²) in [7, 11) is 1.49. The zero-order valence-electron chi connectivity index (χ0n) is 21.2. The average Bonchev–Trinajstić information content (AvgIpc) is 3.50. The molecule has 1 aliphatic rings. The summed E-state index contributed by atoms with van der Waals surface area (Å²) in [5, 5.41) is 6.91. The summed E-state index contributed by atoms with van der Waals surface area (Å²) >= 11 is 9.52. The molecule has 0 unspecified atom stereocenters. The molecular formula is C29H27BrN4O3S. The number of hydrogen-bond acceptors (Lipinski definition) is 5. The first-order valence-corrected chi connectivity index (χ1v) is 13.3. The molecule has 5 rings (SSSR count). The number of aryl methyl sites for hydroxylation is 2. The van der Waals surface area contributed by atoms with Gasteiger partial charge in [-0.15, -0.1) is 0 Å². The molecule has 2 atom stereocenters. The van der Waals surface area contributed by atoms with E-state index < -0.39 is 0 Å². The van der Waals surface area contributed by atoms with E-state index in [2.05, 4.69) is 55.5 Å². The van der Waals surface area contributed by atoms with Crippen LogP contribution in [0, 0.1) is 13.8 Å². The molecule has 7 nitrogen and oxygen atoms in total. The van der Waals surface area contributed by atoms with Gasteiger partial charge in [0.25, 0.3) is 0 Å². The lowest BCUT2D eigenvalue weighted by atomic mass is 10.0. The number of rotatable bonds is 7. The lowest BCUT2D eigenvalue weighted by Gasteiger charge is -2.27. The van der Waals surface area contributed by atoms with Gasteiger partial charge in [-0.25, -0.2) is 0 Å². The second kappa shape index (κ2) is 11.1. The second-order valence-electron chi connectivity index (χ2n) is 9.16. The summed E-state index contributed by atoms with van der Waals surface area (Å²) < 4.78 is 12.4. The minimum absolute atomic E-state index is 0.00687. The number of aromatic nitrogens is 1. The normalized spacial score (nSPS) is 16.9. The number of furan rings is 1. The monoisotopic (exact) mass is 590 g/mol. The van der Waals surface area contributed by atoms with E-state index in [0.29, 0.717) is 5.11 Å². The summed E-state index contributed by atoms with van der Waals surface area (Å²) in [4.78, 5) is 18.7. The van der Waals surface area contributed by atoms with Crippen molar-refractivity contribution in [3.63, 3.8) is 0 Å². The molecule has 2 aromatic heterocycles. The van der Waals surface area contributed by atoms with E-state index >= 15 is 0 Å². The van der Waals surface area contributed by atoms with Crippen LogP contribution >= 0.6 is 28.1 Å². The van der Waals surface area contributed by atoms with Crippen LogP contribution < -0.4 is 15.5 Å². The van der Waals surface area contributed by atoms with Crippen LogP contribution in [0.2, 0.25) is 0 Å². The molecule has 2 aromatic carbocycles. The smallest absolute Gasteiger partial charge is 0.250 e. The highest BCUT2D eigenvalue weighted by atomic mass is 79.9. The van der Waals surface area contributed by atoms with Gasteiger partial charge in [0.15, 0.2) is 5.11 Å². The Bertz CT molecular complexity index is 1490. The first-order chi connectivity index (χ1) is 18.4. The Kier molecular flexibility index (Phi) is 7.60. The third kappa shape index (κ3) is 5.22. The molecule has 1 fully saturated rings. The zero-order valence-corrected chi connectivity index (χ0v) is 23.6. The van der Waals surface area contributed by atoms with E-state index in [1.54, 1.807) is 6.20 Å². The summed E-state index contributed by atoms with van der Waals surface area (Å²) in [6.07, 6.45) is 1.78. The Balaban J connectivity index is 1.55. The SMILES string of the molecule is COCC(=O)Nc1ccc(N2C(=S)N[C@@H](c3ccccn3)[C@@H]2c2ccc(-c3ccc(C)cc3Br)o2)cc1C. The van der Waals surface area contributed by atoms with Gasteiger partial charge in [-0.3, -0.25) is 9.78 Å². The lowest BCUT2D eigenvalue weighted by Crippen LogP contribution is -2.29. The molecule has 1 aliphatic heterocycles. The van der Waals surface area contributed by atoms with Crippen molar-refractivity contribution in [3.8, 4) is 11.3 Å². The molecule has 0 bridgehead atoms. The molecule has 0 radical (unpaired) electrons. The predicted molar refractivity (Wildman–Crippen MR) is 156 cm³/mol. The maximum atomic E-state index is 12.1. The Labute approximate surface area is 235 Å². The number of benzene rings is 2. The zero-order chi connectivity index (χ0) is 26.8. The fourth-order valence-electron chi connectivity index (χ4n) is 4.65. The van der Waals surface area contributed by atoms with Crippen LogP contribution in [-0.2, 0) is 9.53 Å². The number of methoxy groups -OCH3 is 1. The number of carbonyl (C=O) groups excluding carboxylic acids is 1. The molecule has 9 heteroatoms. The average molecular weight is 592 g/mol. The van der Waals surface area contributed by atoms with Gasteiger partial charge in [0, 0.05) is 34.7 Å². The van der Waals surface area contributed by atoms with Crippen molar-refractivity contribution in [2.45, 2.75) is 25.9 Å². The Morgan fingerprint density at radius 2 is 2.00 bits per heavy atom. The molecule has 0 spiro atoms. The van der Waals surface area contributed by atoms with Gasteiger partial charge in [-0.05, 0) is 91.8 Å². The van der Waals surface area contributed by atoms with Crippen LogP contribution in [0.4, 0.5) is 11.4 Å². The largest absolute Gasteiger partial charge is 0.459 e. The van der Waals surface area contributed by atoms with Crippen LogP contribution in [0.25, 0.3) is 11.3 Å². The van der Waals surface area contributed by atoms with E-state index in [0.717, 1.165) is 49.8 Å². The highest BCUT2D eigenvalue weighted by Crippen LogP contribution is 2.44. The van der Waals surface area contributed by atoms with Crippen molar-refractivity contribution in [1.29, 1.82) is 0 Å². The highest BCUT2D eigenvalue weighted by Gasteiger charge is 2.42. The molecule has 0 aliphatic carbocycles. The number of pyridine rings is 1. The van der Waals surface area contributed by atoms with Gasteiger partial charge in [-0.1, -0.05) is 28.1 Å². The van der Waals surface area contributed by atoms with Gasteiger partial charge in [0.2, 0.25) is 5.91 Å². The van der Waals surface area contributed by atoms with Crippen LogP contribution in [0.3, 0.4) is 0 Å². The number of thiocarbonyl (C=S) groups is 1. The lowest BCUT2D eigenvalue weighted by molar-refractivity contribution is -0.119. The van der Waals surface area contributed by atoms with Gasteiger partial charge in [0.05, 0.1) is 11.7 Å². The van der Waals surface area contributed by atoms with Gasteiger partial charge < -0.3 is 24.7 Å². The summed E-state index contributed by atoms with van der Waals surface area (Å²) in [6, 6.07) is 21.3. The fourth-order valence-corrected chi connectivity index (χ4v) is 5.69. The fraction of sp³-hybridized carbons (Fsp3) is 0.207. The van der Waals surface area contributed by atoms with Crippen molar-refractivity contribution in [2.75, 3.05) is 23.9 Å². The molecule has 0 saturated carbocycles. The topological polar surface area (TPSA) is 79.6 Å². The summed E-state index contributed by atoms with van der Waals surface area (Å²) in [5.74, 6) is 1.31. The Hall–Kier alpha value is -3.53. The quantitative estimate of drug-likeness (QED) is 0.238. The number of hydrogen-bond donors (Lipinski definition) is 2. The minimum Gasteiger partial charge on any atom is -0.459 e. The van der Waals surface area contributed by atoms with Crippen molar-refractivity contribution in [2.24, 2.45) is 0 Å². The van der Waals surface area contributed by atoms with Crippen molar-refractivity contribution in [3.05, 3.63) is 100.0 Å². The summed E-state index contributed by atoms with van der Waals surface area (Å²) in [6.45, 7) is 4.00. The molecule has 1 amide bonds. The first-order valence-electron chi connectivity index (χ1n) is 12.1.